The molecule has 1 aliphatic rings. The van der Waals surface area contributed by atoms with Crippen molar-refractivity contribution >= 4 is 16.9 Å². The van der Waals surface area contributed by atoms with E-state index in [0.717, 1.165) is 11.1 Å². The number of hydrogen-bond donors (Lipinski definition) is 1. The van der Waals surface area contributed by atoms with Gasteiger partial charge in [0.25, 0.3) is 5.91 Å². The second-order valence-corrected chi connectivity index (χ2v) is 7.59. The quantitative estimate of drug-likeness (QED) is 0.550. The normalized spacial score (nSPS) is 15.6. The van der Waals surface area contributed by atoms with Gasteiger partial charge in [-0.05, 0) is 42.3 Å². The van der Waals surface area contributed by atoms with Gasteiger partial charge < -0.3 is 14.4 Å². The third kappa shape index (κ3) is 2.87. The first-order valence-electron chi connectivity index (χ1n) is 9.74. The van der Waals surface area contributed by atoms with E-state index in [4.69, 9.17) is 4.42 Å². The molecule has 1 atom stereocenters. The van der Waals surface area contributed by atoms with Crippen LogP contribution in [-0.4, -0.2) is 15.9 Å². The Bertz CT molecular complexity index is 1340. The van der Waals surface area contributed by atoms with Gasteiger partial charge in [-0.25, -0.2) is 0 Å². The maximum Gasteiger partial charge on any atom is 0.291 e. The number of hydrogen-bond acceptors (Lipinski definition) is 4. The van der Waals surface area contributed by atoms with E-state index >= 15 is 0 Å². The molecule has 1 N–H and O–H groups in total. The highest BCUT2D eigenvalue weighted by Gasteiger charge is 2.42. The number of carbonyl (C=O) groups excluding carboxylic acids is 1. The molecule has 0 radical (unpaired) electrons. The van der Waals surface area contributed by atoms with Gasteiger partial charge in [0.05, 0.1) is 17.0 Å². The fourth-order valence-electron chi connectivity index (χ4n) is 4.06. The number of rotatable bonds is 3. The molecule has 1 aromatic heterocycles. The lowest BCUT2D eigenvalue weighted by Gasteiger charge is -2.25. The summed E-state index contributed by atoms with van der Waals surface area (Å²) in [6.07, 6.45) is 0. The maximum atomic E-state index is 13.4. The lowest BCUT2D eigenvalue weighted by Crippen LogP contribution is -2.29. The van der Waals surface area contributed by atoms with Crippen molar-refractivity contribution in [3.8, 4) is 5.75 Å². The number of nitrogens with zero attached hydrogens (tertiary/aromatic N) is 1. The molecule has 3 aromatic carbocycles. The molecule has 0 spiro atoms. The van der Waals surface area contributed by atoms with Crippen LogP contribution in [0.2, 0.25) is 0 Å². The molecule has 1 amide bonds. The molecule has 5 nitrogen and oxygen atoms in total. The second-order valence-electron chi connectivity index (χ2n) is 7.59. The summed E-state index contributed by atoms with van der Waals surface area (Å²) in [5.74, 6) is -0.185. The summed E-state index contributed by atoms with van der Waals surface area (Å²) in [6, 6.07) is 20.9. The molecule has 1 aliphatic heterocycles. The number of carbonyl (C=O) groups is 1. The average molecular weight is 397 g/mol. The maximum absolute atomic E-state index is 13.4. The number of benzene rings is 3. The predicted octanol–water partition coefficient (Wildman–Crippen LogP) is 4.55. The molecule has 0 saturated heterocycles. The van der Waals surface area contributed by atoms with Crippen molar-refractivity contribution in [2.24, 2.45) is 0 Å². The van der Waals surface area contributed by atoms with Crippen molar-refractivity contribution < 1.29 is 14.3 Å². The van der Waals surface area contributed by atoms with Crippen LogP contribution in [0.3, 0.4) is 0 Å². The summed E-state index contributed by atoms with van der Waals surface area (Å²) in [4.78, 5) is 28.4. The summed E-state index contributed by atoms with van der Waals surface area (Å²) in [5.41, 5.74) is 3.22. The van der Waals surface area contributed by atoms with Crippen molar-refractivity contribution in [3.63, 3.8) is 0 Å². The molecule has 0 aliphatic carbocycles. The van der Waals surface area contributed by atoms with Crippen LogP contribution in [-0.2, 0) is 6.54 Å². The monoisotopic (exact) mass is 397 g/mol. The second kappa shape index (κ2) is 6.88. The van der Waals surface area contributed by atoms with Crippen LogP contribution in [0.4, 0.5) is 0 Å². The molecule has 148 valence electrons. The zero-order chi connectivity index (χ0) is 20.8. The molecule has 0 unspecified atom stereocenters. The Kier molecular flexibility index (Phi) is 4.17. The molecule has 2 heterocycles. The van der Waals surface area contributed by atoms with Gasteiger partial charge in [-0.2, -0.15) is 0 Å². The van der Waals surface area contributed by atoms with Crippen LogP contribution in [0.1, 0.15) is 38.9 Å². The standard InChI is InChI=1S/C25H19NO4/c1-15-9-11-16(12-10-15)14-26-22(17-5-4-6-18(27)13-17)21-23(28)19-7-2-3-8-20(19)30-24(21)25(26)29/h2-13,22,27H,14H2,1H3/t22-/m1/s1. The number of para-hydroxylation sites is 1. The number of phenols is 1. The Morgan fingerprint density at radius 3 is 2.50 bits per heavy atom. The van der Waals surface area contributed by atoms with Crippen LogP contribution >= 0.6 is 0 Å². The zero-order valence-corrected chi connectivity index (χ0v) is 16.3. The summed E-state index contributed by atoms with van der Waals surface area (Å²) >= 11 is 0. The van der Waals surface area contributed by atoms with Crippen LogP contribution in [0.25, 0.3) is 11.0 Å². The van der Waals surface area contributed by atoms with Gasteiger partial charge >= 0.3 is 0 Å². The van der Waals surface area contributed by atoms with Crippen molar-refractivity contribution in [2.45, 2.75) is 19.5 Å². The van der Waals surface area contributed by atoms with Gasteiger partial charge in [0.15, 0.2) is 5.43 Å². The Hall–Kier alpha value is -3.86. The van der Waals surface area contributed by atoms with Gasteiger partial charge in [-0.1, -0.05) is 54.1 Å². The van der Waals surface area contributed by atoms with Crippen molar-refractivity contribution in [1.82, 2.24) is 4.90 Å². The Balaban J connectivity index is 1.72. The first kappa shape index (κ1) is 18.2. The minimum atomic E-state index is -0.637. The average Bonchev–Trinajstić information content (AvgIpc) is 3.02. The van der Waals surface area contributed by atoms with E-state index in [-0.39, 0.29) is 22.8 Å². The van der Waals surface area contributed by atoms with Crippen LogP contribution < -0.4 is 5.43 Å². The molecule has 5 heteroatoms. The van der Waals surface area contributed by atoms with E-state index in [2.05, 4.69) is 0 Å². The topological polar surface area (TPSA) is 70.8 Å². The fourth-order valence-corrected chi connectivity index (χ4v) is 4.06. The minimum Gasteiger partial charge on any atom is -0.508 e. The number of phenolic OH excluding ortho intramolecular Hbond substituents is 1. The van der Waals surface area contributed by atoms with Gasteiger partial charge in [-0.3, -0.25) is 9.59 Å². The fraction of sp³-hybridized carbons (Fsp3) is 0.120. The molecular weight excluding hydrogens is 378 g/mol. The molecule has 4 aromatic rings. The largest absolute Gasteiger partial charge is 0.508 e. The van der Waals surface area contributed by atoms with Crippen molar-refractivity contribution in [1.29, 1.82) is 0 Å². The molecule has 0 fully saturated rings. The van der Waals surface area contributed by atoms with E-state index < -0.39 is 6.04 Å². The summed E-state index contributed by atoms with van der Waals surface area (Å²) in [5, 5.41) is 10.5. The molecule has 0 saturated carbocycles. The number of aryl methyl sites for hydroxylation is 1. The van der Waals surface area contributed by atoms with E-state index in [1.165, 1.54) is 0 Å². The van der Waals surface area contributed by atoms with Gasteiger partial charge in [0.2, 0.25) is 5.76 Å². The highest BCUT2D eigenvalue weighted by Crippen LogP contribution is 2.39. The molecule has 0 bridgehead atoms. The number of fused-ring (bicyclic) bond motifs is 2. The Labute approximate surface area is 172 Å². The molecule has 30 heavy (non-hydrogen) atoms. The van der Waals surface area contributed by atoms with E-state index in [1.54, 1.807) is 47.4 Å². The van der Waals surface area contributed by atoms with Gasteiger partial charge in [-0.15, -0.1) is 0 Å². The minimum absolute atomic E-state index is 0.0687. The molecular formula is C25H19NO4. The third-order valence-electron chi connectivity index (χ3n) is 5.53. The van der Waals surface area contributed by atoms with Crippen molar-refractivity contribution in [3.05, 3.63) is 111 Å². The molecule has 5 rings (SSSR count). The first-order valence-corrected chi connectivity index (χ1v) is 9.74. The third-order valence-corrected chi connectivity index (χ3v) is 5.53. The summed E-state index contributed by atoms with van der Waals surface area (Å²) < 4.78 is 5.91. The number of amides is 1. The predicted molar refractivity (Wildman–Crippen MR) is 113 cm³/mol. The van der Waals surface area contributed by atoms with E-state index in [0.29, 0.717) is 28.6 Å². The zero-order valence-electron chi connectivity index (χ0n) is 16.3. The Morgan fingerprint density at radius 2 is 1.73 bits per heavy atom. The first-order chi connectivity index (χ1) is 14.5. The van der Waals surface area contributed by atoms with E-state index in [1.807, 2.05) is 37.3 Å². The lowest BCUT2D eigenvalue weighted by atomic mass is 9.98. The summed E-state index contributed by atoms with van der Waals surface area (Å²) in [7, 11) is 0. The summed E-state index contributed by atoms with van der Waals surface area (Å²) in [6.45, 7) is 2.32. The van der Waals surface area contributed by atoms with Crippen LogP contribution in [0.5, 0.6) is 5.75 Å². The van der Waals surface area contributed by atoms with Gasteiger partial charge in [0, 0.05) is 6.54 Å². The van der Waals surface area contributed by atoms with Crippen LogP contribution in [0.15, 0.2) is 82.0 Å². The smallest absolute Gasteiger partial charge is 0.291 e. The van der Waals surface area contributed by atoms with Crippen molar-refractivity contribution in [2.75, 3.05) is 0 Å². The van der Waals surface area contributed by atoms with Crippen LogP contribution in [0, 0.1) is 6.92 Å². The SMILES string of the molecule is Cc1ccc(CN2C(=O)c3oc4ccccc4c(=O)c3[C@H]2c2cccc(O)c2)cc1. The Morgan fingerprint density at radius 1 is 0.967 bits per heavy atom. The van der Waals surface area contributed by atoms with E-state index in [9.17, 15) is 14.7 Å². The van der Waals surface area contributed by atoms with Gasteiger partial charge in [0.1, 0.15) is 11.3 Å². The highest BCUT2D eigenvalue weighted by atomic mass is 16.3. The lowest BCUT2D eigenvalue weighted by molar-refractivity contribution is 0.0714. The highest BCUT2D eigenvalue weighted by molar-refractivity contribution is 5.99. The number of aromatic hydroxyl groups is 1.